The molecule has 4 aromatic rings. The third-order valence-corrected chi connectivity index (χ3v) is 4.31. The Kier molecular flexibility index (Phi) is 4.15. The maximum absolute atomic E-state index is 4.53. The largest absolute Gasteiger partial charge is 0.387 e. The molecule has 0 bridgehead atoms. The number of nitrogens with zero attached hydrogens (tertiary/aromatic N) is 4. The summed E-state index contributed by atoms with van der Waals surface area (Å²) in [5.74, 6) is 1.46. The zero-order valence-electron chi connectivity index (χ0n) is 14.6. The fraction of sp³-hybridized carbons (Fsp3) is 0.100. The average Bonchev–Trinajstić information content (AvgIpc) is 2.69. The highest BCUT2D eigenvalue weighted by Crippen LogP contribution is 2.33. The first kappa shape index (κ1) is 16.0. The molecule has 128 valence electrons. The Bertz CT molecular complexity index is 1060. The van der Waals surface area contributed by atoms with Gasteiger partial charge >= 0.3 is 0 Å². The minimum absolute atomic E-state index is 0.706. The van der Waals surface area contributed by atoms with Gasteiger partial charge in [0.25, 0.3) is 0 Å². The number of aryl methyl sites for hydroxylation is 1. The molecule has 0 fully saturated rings. The number of nitrogens with one attached hydrogen (secondary N) is 2. The van der Waals surface area contributed by atoms with Crippen LogP contribution in [0.25, 0.3) is 22.0 Å². The zero-order valence-corrected chi connectivity index (χ0v) is 14.6. The molecular weight excluding hydrogens is 324 g/mol. The number of aromatic nitrogens is 4. The molecule has 4 rings (SSSR count). The maximum atomic E-state index is 4.53. The van der Waals surface area contributed by atoms with Crippen molar-refractivity contribution < 1.29 is 0 Å². The zero-order chi connectivity index (χ0) is 17.9. The van der Waals surface area contributed by atoms with E-state index in [-0.39, 0.29) is 0 Å². The average molecular weight is 342 g/mol. The summed E-state index contributed by atoms with van der Waals surface area (Å²) < 4.78 is 0. The van der Waals surface area contributed by atoms with E-state index in [0.717, 1.165) is 33.5 Å². The normalized spacial score (nSPS) is 10.7. The number of rotatable bonds is 4. The topological polar surface area (TPSA) is 75.6 Å². The lowest BCUT2D eigenvalue weighted by molar-refractivity contribution is 1.16. The highest BCUT2D eigenvalue weighted by Gasteiger charge is 2.12. The highest BCUT2D eigenvalue weighted by atomic mass is 15.1. The van der Waals surface area contributed by atoms with Crippen LogP contribution in [0.5, 0.6) is 0 Å². The molecule has 2 N–H and O–H groups in total. The molecule has 26 heavy (non-hydrogen) atoms. The molecule has 3 heterocycles. The lowest BCUT2D eigenvalue weighted by atomic mass is 10.1. The van der Waals surface area contributed by atoms with Gasteiger partial charge in [-0.3, -0.25) is 0 Å². The van der Waals surface area contributed by atoms with Gasteiger partial charge in [0.1, 0.15) is 18.0 Å². The lowest BCUT2D eigenvalue weighted by Crippen LogP contribution is -2.01. The van der Waals surface area contributed by atoms with Gasteiger partial charge in [-0.25, -0.2) is 19.9 Å². The minimum Gasteiger partial charge on any atom is -0.387 e. The van der Waals surface area contributed by atoms with Gasteiger partial charge in [0, 0.05) is 47.7 Å². The van der Waals surface area contributed by atoms with Gasteiger partial charge in [-0.15, -0.1) is 0 Å². The van der Waals surface area contributed by atoms with E-state index in [2.05, 4.69) is 49.6 Å². The molecule has 0 aliphatic heterocycles. The summed E-state index contributed by atoms with van der Waals surface area (Å²) in [6.45, 7) is 2.09. The van der Waals surface area contributed by atoms with Gasteiger partial charge < -0.3 is 10.6 Å². The van der Waals surface area contributed by atoms with Crippen LogP contribution in [0.3, 0.4) is 0 Å². The smallest absolute Gasteiger partial charge is 0.140 e. The lowest BCUT2D eigenvalue weighted by Gasteiger charge is -2.14. The summed E-state index contributed by atoms with van der Waals surface area (Å²) >= 11 is 0. The SMILES string of the molecule is CNc1c(C)ccc2c(Nc3ncccc3-c3ccncn3)nccc12. The van der Waals surface area contributed by atoms with Crippen molar-refractivity contribution >= 4 is 28.1 Å². The van der Waals surface area contributed by atoms with Crippen molar-refractivity contribution in [3.63, 3.8) is 0 Å². The molecule has 0 saturated heterocycles. The van der Waals surface area contributed by atoms with Crippen molar-refractivity contribution in [2.75, 3.05) is 17.7 Å². The van der Waals surface area contributed by atoms with Crippen molar-refractivity contribution in [3.8, 4) is 11.3 Å². The van der Waals surface area contributed by atoms with Crippen LogP contribution in [0.4, 0.5) is 17.3 Å². The van der Waals surface area contributed by atoms with Crippen molar-refractivity contribution in [1.82, 2.24) is 19.9 Å². The minimum atomic E-state index is 0.706. The number of benzene rings is 1. The van der Waals surface area contributed by atoms with Gasteiger partial charge in [-0.2, -0.15) is 0 Å². The van der Waals surface area contributed by atoms with Gasteiger partial charge in [0.05, 0.1) is 5.69 Å². The van der Waals surface area contributed by atoms with Crippen LogP contribution < -0.4 is 10.6 Å². The van der Waals surface area contributed by atoms with Crippen LogP contribution in [0.1, 0.15) is 5.56 Å². The molecule has 6 nitrogen and oxygen atoms in total. The predicted molar refractivity (Wildman–Crippen MR) is 105 cm³/mol. The molecule has 0 unspecified atom stereocenters. The molecule has 0 atom stereocenters. The first-order valence-electron chi connectivity index (χ1n) is 8.32. The third-order valence-electron chi connectivity index (χ3n) is 4.31. The molecule has 0 amide bonds. The number of hydrogen-bond donors (Lipinski definition) is 2. The predicted octanol–water partition coefficient (Wildman–Crippen LogP) is 4.18. The molecule has 3 aromatic heterocycles. The standard InChI is InChI=1S/C20H18N6/c1-13-5-6-15-14(18(13)21-2)7-11-24-19(15)26-20-16(4-3-9-23-20)17-8-10-22-12-25-17/h3-12,21H,1-2H3,(H,23,24,26). The van der Waals surface area contributed by atoms with E-state index in [1.165, 1.54) is 11.9 Å². The quantitative estimate of drug-likeness (QED) is 0.579. The second kappa shape index (κ2) is 6.76. The molecule has 0 spiro atoms. The van der Waals surface area contributed by atoms with Gasteiger partial charge in [0.2, 0.25) is 0 Å². The van der Waals surface area contributed by atoms with Crippen LogP contribution in [-0.2, 0) is 0 Å². The Morgan fingerprint density at radius 3 is 2.50 bits per heavy atom. The number of pyridine rings is 2. The Hall–Kier alpha value is -3.54. The van der Waals surface area contributed by atoms with Crippen LogP contribution in [0.2, 0.25) is 0 Å². The summed E-state index contributed by atoms with van der Waals surface area (Å²) in [6.07, 6.45) is 6.81. The van der Waals surface area contributed by atoms with Gasteiger partial charge in [-0.05, 0) is 36.8 Å². The molecule has 0 radical (unpaired) electrons. The van der Waals surface area contributed by atoms with E-state index in [9.17, 15) is 0 Å². The van der Waals surface area contributed by atoms with Crippen LogP contribution in [0.15, 0.2) is 61.3 Å². The van der Waals surface area contributed by atoms with Crippen molar-refractivity contribution in [1.29, 1.82) is 0 Å². The van der Waals surface area contributed by atoms with E-state index in [1.807, 2.05) is 31.3 Å². The summed E-state index contributed by atoms with van der Waals surface area (Å²) in [5, 5.41) is 8.80. The number of hydrogen-bond acceptors (Lipinski definition) is 6. The van der Waals surface area contributed by atoms with Crippen molar-refractivity contribution in [2.45, 2.75) is 6.92 Å². The maximum Gasteiger partial charge on any atom is 0.140 e. The van der Waals surface area contributed by atoms with E-state index >= 15 is 0 Å². The van der Waals surface area contributed by atoms with E-state index in [4.69, 9.17) is 0 Å². The highest BCUT2D eigenvalue weighted by molar-refractivity contribution is 6.02. The fourth-order valence-electron chi connectivity index (χ4n) is 3.07. The summed E-state index contributed by atoms with van der Waals surface area (Å²) in [5.41, 5.74) is 4.00. The number of fused-ring (bicyclic) bond motifs is 1. The molecule has 1 aromatic carbocycles. The first-order valence-corrected chi connectivity index (χ1v) is 8.32. The van der Waals surface area contributed by atoms with Crippen molar-refractivity contribution in [3.05, 3.63) is 66.9 Å². The molecule has 0 aliphatic rings. The Labute approximate surface area is 151 Å². The Morgan fingerprint density at radius 1 is 0.808 bits per heavy atom. The second-order valence-corrected chi connectivity index (χ2v) is 5.88. The monoisotopic (exact) mass is 342 g/mol. The second-order valence-electron chi connectivity index (χ2n) is 5.88. The van der Waals surface area contributed by atoms with Crippen LogP contribution in [-0.4, -0.2) is 27.0 Å². The van der Waals surface area contributed by atoms with Crippen LogP contribution in [0, 0.1) is 6.92 Å². The molecule has 0 aliphatic carbocycles. The Balaban J connectivity index is 1.82. The third kappa shape index (κ3) is 2.82. The Morgan fingerprint density at radius 2 is 1.69 bits per heavy atom. The molecular formula is C20H18N6. The van der Waals surface area contributed by atoms with E-state index in [1.54, 1.807) is 18.6 Å². The van der Waals surface area contributed by atoms with Crippen LogP contribution >= 0.6 is 0 Å². The number of anilines is 3. The first-order chi connectivity index (χ1) is 12.8. The molecule has 0 saturated carbocycles. The van der Waals surface area contributed by atoms with E-state index < -0.39 is 0 Å². The van der Waals surface area contributed by atoms with Gasteiger partial charge in [-0.1, -0.05) is 12.1 Å². The summed E-state index contributed by atoms with van der Waals surface area (Å²) in [6, 6.07) is 11.9. The summed E-state index contributed by atoms with van der Waals surface area (Å²) in [7, 11) is 1.93. The fourth-order valence-corrected chi connectivity index (χ4v) is 3.07. The molecule has 6 heteroatoms. The van der Waals surface area contributed by atoms with Crippen molar-refractivity contribution in [2.24, 2.45) is 0 Å². The van der Waals surface area contributed by atoms with Gasteiger partial charge in [0.15, 0.2) is 0 Å². The summed E-state index contributed by atoms with van der Waals surface area (Å²) in [4.78, 5) is 17.3. The van der Waals surface area contributed by atoms with E-state index in [0.29, 0.717) is 5.82 Å².